The van der Waals surface area contributed by atoms with Crippen LogP contribution in [0.3, 0.4) is 0 Å². The van der Waals surface area contributed by atoms with Crippen molar-refractivity contribution in [3.63, 3.8) is 0 Å². The molecule has 2 N–H and O–H groups in total. The summed E-state index contributed by atoms with van der Waals surface area (Å²) in [6.07, 6.45) is 8.05. The monoisotopic (exact) mass is 274 g/mol. The third-order valence-corrected chi connectivity index (χ3v) is 4.73. The molecular formula is C17H22O3. The Labute approximate surface area is 119 Å². The zero-order valence-corrected chi connectivity index (χ0v) is 11.8. The molecule has 1 atom stereocenters. The van der Waals surface area contributed by atoms with Gasteiger partial charge in [0.15, 0.2) is 0 Å². The van der Waals surface area contributed by atoms with Crippen LogP contribution in [0.25, 0.3) is 0 Å². The van der Waals surface area contributed by atoms with E-state index in [1.807, 2.05) is 6.07 Å². The lowest BCUT2D eigenvalue weighted by molar-refractivity contribution is -0.137. The molecule has 1 aromatic carbocycles. The number of benzene rings is 1. The first-order valence-electron chi connectivity index (χ1n) is 7.71. The molecule has 3 nitrogen and oxygen atoms in total. The maximum absolute atomic E-state index is 11.1. The van der Waals surface area contributed by atoms with Crippen LogP contribution >= 0.6 is 0 Å². The molecule has 1 aromatic rings. The number of hydrogen-bond donors (Lipinski definition) is 2. The van der Waals surface area contributed by atoms with Crippen molar-refractivity contribution in [3.8, 4) is 5.75 Å². The number of carboxylic acids is 1. The van der Waals surface area contributed by atoms with Crippen LogP contribution < -0.4 is 0 Å². The van der Waals surface area contributed by atoms with Crippen LogP contribution in [0.4, 0.5) is 0 Å². The Bertz CT molecular complexity index is 517. The Morgan fingerprint density at radius 2 is 1.80 bits per heavy atom. The molecular weight excluding hydrogens is 252 g/mol. The van der Waals surface area contributed by atoms with Gasteiger partial charge in [0.1, 0.15) is 5.75 Å². The van der Waals surface area contributed by atoms with Gasteiger partial charge in [-0.2, -0.15) is 0 Å². The van der Waals surface area contributed by atoms with Crippen LogP contribution in [0.5, 0.6) is 5.75 Å². The van der Waals surface area contributed by atoms with Crippen molar-refractivity contribution >= 4 is 5.97 Å². The first kappa shape index (κ1) is 13.5. The Morgan fingerprint density at radius 3 is 2.40 bits per heavy atom. The predicted molar refractivity (Wildman–Crippen MR) is 77.1 cm³/mol. The third kappa shape index (κ3) is 2.82. The van der Waals surface area contributed by atoms with Crippen molar-refractivity contribution in [3.05, 3.63) is 28.8 Å². The first-order valence-corrected chi connectivity index (χ1v) is 7.71. The highest BCUT2D eigenvalue weighted by Gasteiger charge is 2.35. The second kappa shape index (κ2) is 5.47. The Kier molecular flexibility index (Phi) is 3.68. The summed E-state index contributed by atoms with van der Waals surface area (Å²) in [6.45, 7) is 0. The number of aromatic hydroxyl groups is 1. The van der Waals surface area contributed by atoms with Gasteiger partial charge in [-0.15, -0.1) is 0 Å². The fourth-order valence-corrected chi connectivity index (χ4v) is 3.48. The van der Waals surface area contributed by atoms with E-state index in [-0.39, 0.29) is 12.3 Å². The highest BCUT2D eigenvalue weighted by atomic mass is 16.4. The van der Waals surface area contributed by atoms with E-state index in [1.54, 1.807) is 0 Å². The van der Waals surface area contributed by atoms with Crippen molar-refractivity contribution in [1.82, 2.24) is 0 Å². The summed E-state index contributed by atoms with van der Waals surface area (Å²) in [6, 6.07) is 4.00. The van der Waals surface area contributed by atoms with Gasteiger partial charge in [0.05, 0.1) is 6.42 Å². The van der Waals surface area contributed by atoms with Crippen molar-refractivity contribution in [1.29, 1.82) is 0 Å². The lowest BCUT2D eigenvalue weighted by Crippen LogP contribution is -2.09. The smallest absolute Gasteiger partial charge is 0.303 e. The Balaban J connectivity index is 1.95. The molecule has 0 radical (unpaired) electrons. The molecule has 0 aromatic heterocycles. The summed E-state index contributed by atoms with van der Waals surface area (Å²) >= 11 is 0. The average molecular weight is 274 g/mol. The van der Waals surface area contributed by atoms with Crippen molar-refractivity contribution in [2.45, 2.75) is 57.3 Å². The molecule has 2 aliphatic carbocycles. The molecule has 20 heavy (non-hydrogen) atoms. The van der Waals surface area contributed by atoms with E-state index in [2.05, 4.69) is 6.07 Å². The summed E-state index contributed by atoms with van der Waals surface area (Å²) in [7, 11) is 0. The number of phenolic OH excluding ortho intramolecular Hbond substituents is 1. The van der Waals surface area contributed by atoms with Gasteiger partial charge in [-0.25, -0.2) is 0 Å². The van der Waals surface area contributed by atoms with E-state index in [4.69, 9.17) is 5.11 Å². The predicted octanol–water partition coefficient (Wildman–Crippen LogP) is 3.63. The zero-order valence-electron chi connectivity index (χ0n) is 11.8. The SMILES string of the molecule is O=C(O)CC(c1cc2c(cc1O)CCCCC2)C1CC1. The summed E-state index contributed by atoms with van der Waals surface area (Å²) < 4.78 is 0. The molecule has 3 rings (SSSR count). The molecule has 0 bridgehead atoms. The second-order valence-electron chi connectivity index (χ2n) is 6.28. The minimum Gasteiger partial charge on any atom is -0.508 e. The van der Waals surface area contributed by atoms with E-state index in [0.29, 0.717) is 11.7 Å². The molecule has 108 valence electrons. The second-order valence-corrected chi connectivity index (χ2v) is 6.28. The maximum atomic E-state index is 11.1. The van der Waals surface area contributed by atoms with Crippen LogP contribution in [0.1, 0.15) is 61.1 Å². The zero-order chi connectivity index (χ0) is 14.1. The van der Waals surface area contributed by atoms with E-state index in [9.17, 15) is 9.90 Å². The molecule has 0 aliphatic heterocycles. The topological polar surface area (TPSA) is 57.5 Å². The molecule has 3 heteroatoms. The van der Waals surface area contributed by atoms with Gasteiger partial charge in [0.2, 0.25) is 0 Å². The molecule has 2 aliphatic rings. The summed E-state index contributed by atoms with van der Waals surface area (Å²) in [5.41, 5.74) is 3.45. The lowest BCUT2D eigenvalue weighted by Gasteiger charge is -2.19. The average Bonchev–Trinajstić information content (AvgIpc) is 3.22. The number of aliphatic carboxylic acids is 1. The number of fused-ring (bicyclic) bond motifs is 1. The number of carboxylic acid groups (broad SMARTS) is 1. The van der Waals surface area contributed by atoms with Gasteiger partial charge in [0, 0.05) is 5.92 Å². The van der Waals surface area contributed by atoms with Crippen LogP contribution in [0.2, 0.25) is 0 Å². The van der Waals surface area contributed by atoms with Gasteiger partial charge in [-0.1, -0.05) is 12.5 Å². The number of rotatable bonds is 4. The molecule has 0 amide bonds. The van der Waals surface area contributed by atoms with E-state index in [1.165, 1.54) is 30.4 Å². The molecule has 0 heterocycles. The van der Waals surface area contributed by atoms with Crippen LogP contribution in [0.15, 0.2) is 12.1 Å². The normalized spacial score (nSPS) is 20.0. The quantitative estimate of drug-likeness (QED) is 0.824. The van der Waals surface area contributed by atoms with Crippen LogP contribution in [-0.2, 0) is 17.6 Å². The van der Waals surface area contributed by atoms with Gasteiger partial charge in [-0.05, 0) is 67.2 Å². The van der Waals surface area contributed by atoms with Gasteiger partial charge < -0.3 is 10.2 Å². The summed E-state index contributed by atoms with van der Waals surface area (Å²) in [4.78, 5) is 11.1. The molecule has 1 unspecified atom stereocenters. The number of phenols is 1. The number of hydrogen-bond acceptors (Lipinski definition) is 2. The minimum atomic E-state index is -0.767. The standard InChI is InChI=1S/C17H22O3/c18-16-9-13-5-3-1-2-4-12(13)8-15(16)14(10-17(19)20)11-6-7-11/h8-9,11,14,18H,1-7,10H2,(H,19,20). The van der Waals surface area contributed by atoms with Crippen LogP contribution in [-0.4, -0.2) is 16.2 Å². The van der Waals surface area contributed by atoms with Crippen molar-refractivity contribution in [2.75, 3.05) is 0 Å². The van der Waals surface area contributed by atoms with E-state index < -0.39 is 5.97 Å². The molecule has 1 fully saturated rings. The number of aryl methyl sites for hydroxylation is 2. The molecule has 0 spiro atoms. The lowest BCUT2D eigenvalue weighted by atomic mass is 9.87. The summed E-state index contributed by atoms with van der Waals surface area (Å²) in [5.74, 6) is -0.0260. The van der Waals surface area contributed by atoms with Crippen LogP contribution in [0, 0.1) is 5.92 Å². The van der Waals surface area contributed by atoms with E-state index in [0.717, 1.165) is 31.2 Å². The van der Waals surface area contributed by atoms with Crippen molar-refractivity contribution in [2.24, 2.45) is 5.92 Å². The fraction of sp³-hybridized carbons (Fsp3) is 0.588. The van der Waals surface area contributed by atoms with Gasteiger partial charge >= 0.3 is 5.97 Å². The third-order valence-electron chi connectivity index (χ3n) is 4.73. The maximum Gasteiger partial charge on any atom is 0.303 e. The van der Waals surface area contributed by atoms with E-state index >= 15 is 0 Å². The number of carbonyl (C=O) groups is 1. The van der Waals surface area contributed by atoms with Crippen molar-refractivity contribution < 1.29 is 15.0 Å². The molecule has 1 saturated carbocycles. The summed E-state index contributed by atoms with van der Waals surface area (Å²) in [5, 5.41) is 19.4. The fourth-order valence-electron chi connectivity index (χ4n) is 3.48. The van der Waals surface area contributed by atoms with Gasteiger partial charge in [0.25, 0.3) is 0 Å². The Morgan fingerprint density at radius 1 is 1.15 bits per heavy atom. The first-order chi connectivity index (χ1) is 9.65. The highest BCUT2D eigenvalue weighted by Crippen LogP contribution is 2.47. The largest absolute Gasteiger partial charge is 0.508 e. The minimum absolute atomic E-state index is 0.0129. The molecule has 0 saturated heterocycles. The Hall–Kier alpha value is -1.51. The highest BCUT2D eigenvalue weighted by molar-refractivity contribution is 5.68. The van der Waals surface area contributed by atoms with Gasteiger partial charge in [-0.3, -0.25) is 4.79 Å².